The zero-order valence-electron chi connectivity index (χ0n) is 7.47. The van der Waals surface area contributed by atoms with Crippen LogP contribution in [0.3, 0.4) is 0 Å². The summed E-state index contributed by atoms with van der Waals surface area (Å²) in [5, 5.41) is 12.4. The number of carbonyl (C=O) groups excluding carboxylic acids is 1. The maximum absolute atomic E-state index is 13.0. The highest BCUT2D eigenvalue weighted by Gasteiger charge is 2.16. The van der Waals surface area contributed by atoms with Gasteiger partial charge in [-0.05, 0) is 15.9 Å². The molecule has 0 spiro atoms. The molecule has 0 radical (unpaired) electrons. The Morgan fingerprint density at radius 2 is 2.25 bits per heavy atom. The number of carbonyl (C=O) groups is 1. The normalized spacial score (nSPS) is 10.8. The van der Waals surface area contributed by atoms with E-state index in [-0.39, 0.29) is 15.2 Å². The zero-order chi connectivity index (χ0) is 12.3. The van der Waals surface area contributed by atoms with Crippen molar-refractivity contribution in [2.24, 2.45) is 5.16 Å². The number of anilines is 1. The van der Waals surface area contributed by atoms with Crippen LogP contribution in [0.15, 0.2) is 15.7 Å². The topological polar surface area (TPSA) is 61.7 Å². The van der Waals surface area contributed by atoms with Gasteiger partial charge in [0.2, 0.25) is 0 Å². The summed E-state index contributed by atoms with van der Waals surface area (Å²) in [6.07, 6.45) is 0.547. The standard InChI is InChI=1S/C8H4BrClF2N2O2/c9-6-7(10)4(1-3(11)8(6)12)14-5(15)2-13-16/h1-2,16H,(H,14,15)/b13-2+. The summed E-state index contributed by atoms with van der Waals surface area (Å²) in [5.74, 6) is -3.16. The first-order valence-electron chi connectivity index (χ1n) is 3.78. The highest BCUT2D eigenvalue weighted by atomic mass is 79.9. The van der Waals surface area contributed by atoms with Gasteiger partial charge >= 0.3 is 0 Å². The number of oxime groups is 1. The summed E-state index contributed by atoms with van der Waals surface area (Å²) in [6.45, 7) is 0. The Bertz CT molecular complexity index is 468. The molecule has 0 aliphatic heterocycles. The summed E-state index contributed by atoms with van der Waals surface area (Å²) in [6, 6.07) is 0.714. The van der Waals surface area contributed by atoms with Gasteiger partial charge in [0, 0.05) is 6.07 Å². The molecule has 0 aliphatic carbocycles. The monoisotopic (exact) mass is 312 g/mol. The van der Waals surface area contributed by atoms with Crippen LogP contribution in [0.1, 0.15) is 0 Å². The molecule has 1 amide bonds. The Morgan fingerprint density at radius 3 is 2.81 bits per heavy atom. The highest BCUT2D eigenvalue weighted by Crippen LogP contribution is 2.34. The number of nitrogens with one attached hydrogen (secondary N) is 1. The van der Waals surface area contributed by atoms with Crippen molar-refractivity contribution in [1.29, 1.82) is 0 Å². The van der Waals surface area contributed by atoms with Crippen molar-refractivity contribution in [3.05, 3.63) is 27.2 Å². The summed E-state index contributed by atoms with van der Waals surface area (Å²) >= 11 is 8.37. The third kappa shape index (κ3) is 2.67. The summed E-state index contributed by atoms with van der Waals surface area (Å²) in [4.78, 5) is 11.0. The fourth-order valence-electron chi connectivity index (χ4n) is 0.881. The molecule has 1 aromatic rings. The Balaban J connectivity index is 3.11. The van der Waals surface area contributed by atoms with E-state index < -0.39 is 17.5 Å². The van der Waals surface area contributed by atoms with E-state index in [2.05, 4.69) is 26.4 Å². The average molecular weight is 313 g/mol. The molecule has 2 N–H and O–H groups in total. The van der Waals surface area contributed by atoms with E-state index in [1.165, 1.54) is 0 Å². The third-order valence-corrected chi connectivity index (χ3v) is 2.90. The first-order chi connectivity index (χ1) is 7.47. The van der Waals surface area contributed by atoms with E-state index in [4.69, 9.17) is 16.8 Å². The van der Waals surface area contributed by atoms with E-state index in [1.54, 1.807) is 0 Å². The van der Waals surface area contributed by atoms with Gasteiger partial charge in [-0.15, -0.1) is 0 Å². The number of benzene rings is 1. The predicted octanol–water partition coefficient (Wildman–Crippen LogP) is 2.78. The van der Waals surface area contributed by atoms with E-state index in [0.717, 1.165) is 0 Å². The van der Waals surface area contributed by atoms with Crippen LogP contribution in [0.4, 0.5) is 14.5 Å². The second-order valence-electron chi connectivity index (χ2n) is 2.58. The van der Waals surface area contributed by atoms with Crippen molar-refractivity contribution in [2.75, 3.05) is 5.32 Å². The van der Waals surface area contributed by atoms with Crippen LogP contribution in [0, 0.1) is 11.6 Å². The maximum atomic E-state index is 13.0. The van der Waals surface area contributed by atoms with Gasteiger partial charge < -0.3 is 10.5 Å². The SMILES string of the molecule is O=C(/C=N/O)Nc1cc(F)c(F)c(Br)c1Cl. The molecule has 1 aromatic carbocycles. The van der Waals surface area contributed by atoms with Gasteiger partial charge in [0.1, 0.15) is 6.21 Å². The Hall–Kier alpha value is -1.21. The van der Waals surface area contributed by atoms with Gasteiger partial charge in [-0.2, -0.15) is 0 Å². The fraction of sp³-hybridized carbons (Fsp3) is 0. The molecule has 16 heavy (non-hydrogen) atoms. The fourth-order valence-corrected chi connectivity index (χ4v) is 1.47. The minimum absolute atomic E-state index is 0.141. The van der Waals surface area contributed by atoms with E-state index in [1.807, 2.05) is 0 Å². The molecule has 0 heterocycles. The maximum Gasteiger partial charge on any atom is 0.270 e. The Labute approximate surface area is 102 Å². The number of nitrogens with zero attached hydrogens (tertiary/aromatic N) is 1. The smallest absolute Gasteiger partial charge is 0.270 e. The predicted molar refractivity (Wildman–Crippen MR) is 58.0 cm³/mol. The van der Waals surface area contributed by atoms with Crippen LogP contribution in [-0.4, -0.2) is 17.3 Å². The Kier molecular flexibility index (Phi) is 4.19. The second-order valence-corrected chi connectivity index (χ2v) is 3.75. The van der Waals surface area contributed by atoms with Crippen LogP contribution in [0.25, 0.3) is 0 Å². The summed E-state index contributed by atoms with van der Waals surface area (Å²) in [7, 11) is 0. The number of amides is 1. The van der Waals surface area contributed by atoms with Crippen molar-refractivity contribution < 1.29 is 18.8 Å². The molecule has 1 rings (SSSR count). The second kappa shape index (κ2) is 5.22. The van der Waals surface area contributed by atoms with E-state index in [9.17, 15) is 13.6 Å². The minimum atomic E-state index is -1.17. The third-order valence-electron chi connectivity index (χ3n) is 1.54. The molecule has 0 atom stereocenters. The first kappa shape index (κ1) is 12.9. The number of hydrogen-bond donors (Lipinski definition) is 2. The molecule has 8 heteroatoms. The molecule has 0 saturated heterocycles. The molecule has 0 saturated carbocycles. The van der Waals surface area contributed by atoms with Crippen LogP contribution in [0.5, 0.6) is 0 Å². The number of halogens is 4. The van der Waals surface area contributed by atoms with Gasteiger partial charge in [0.15, 0.2) is 11.6 Å². The van der Waals surface area contributed by atoms with Crippen LogP contribution in [0.2, 0.25) is 5.02 Å². The highest BCUT2D eigenvalue weighted by molar-refractivity contribution is 9.10. The van der Waals surface area contributed by atoms with Crippen molar-refractivity contribution >= 4 is 45.3 Å². The summed E-state index contributed by atoms with van der Waals surface area (Å²) < 4.78 is 25.6. The van der Waals surface area contributed by atoms with Crippen molar-refractivity contribution in [2.45, 2.75) is 0 Å². The van der Waals surface area contributed by atoms with Crippen molar-refractivity contribution in [1.82, 2.24) is 0 Å². The number of hydrogen-bond acceptors (Lipinski definition) is 3. The van der Waals surface area contributed by atoms with Crippen LogP contribution >= 0.6 is 27.5 Å². The quantitative estimate of drug-likeness (QED) is 0.290. The first-order valence-corrected chi connectivity index (χ1v) is 4.96. The number of rotatable bonds is 2. The van der Waals surface area contributed by atoms with Gasteiger partial charge in [-0.3, -0.25) is 4.79 Å². The lowest BCUT2D eigenvalue weighted by Gasteiger charge is -2.07. The zero-order valence-corrected chi connectivity index (χ0v) is 9.81. The van der Waals surface area contributed by atoms with Crippen molar-refractivity contribution in [3.8, 4) is 0 Å². The van der Waals surface area contributed by atoms with Crippen molar-refractivity contribution in [3.63, 3.8) is 0 Å². The van der Waals surface area contributed by atoms with Gasteiger partial charge in [-0.1, -0.05) is 16.8 Å². The molecule has 0 unspecified atom stereocenters. The molecular weight excluding hydrogens is 309 g/mol. The molecule has 0 aromatic heterocycles. The lowest BCUT2D eigenvalue weighted by molar-refractivity contribution is -0.110. The van der Waals surface area contributed by atoms with Gasteiger partial charge in [0.05, 0.1) is 15.2 Å². The minimum Gasteiger partial charge on any atom is -0.411 e. The lowest BCUT2D eigenvalue weighted by Crippen LogP contribution is -2.13. The average Bonchev–Trinajstić information content (AvgIpc) is 2.23. The van der Waals surface area contributed by atoms with Gasteiger partial charge in [-0.25, -0.2) is 8.78 Å². The molecule has 4 nitrogen and oxygen atoms in total. The molecule has 0 bridgehead atoms. The Morgan fingerprint density at radius 1 is 1.62 bits per heavy atom. The van der Waals surface area contributed by atoms with E-state index in [0.29, 0.717) is 12.3 Å². The molecule has 0 aliphatic rings. The molecular formula is C8H4BrClF2N2O2. The van der Waals surface area contributed by atoms with E-state index >= 15 is 0 Å². The lowest BCUT2D eigenvalue weighted by atomic mass is 10.3. The van der Waals surface area contributed by atoms with Gasteiger partial charge in [0.25, 0.3) is 5.91 Å². The molecule has 86 valence electrons. The molecule has 0 fully saturated rings. The van der Waals surface area contributed by atoms with Crippen LogP contribution < -0.4 is 5.32 Å². The largest absolute Gasteiger partial charge is 0.411 e. The van der Waals surface area contributed by atoms with Crippen LogP contribution in [-0.2, 0) is 4.79 Å². The summed E-state index contributed by atoms with van der Waals surface area (Å²) in [5.41, 5.74) is -0.141.